The molecule has 0 bridgehead atoms. The quantitative estimate of drug-likeness (QED) is 0.527. The molecule has 2 heteroatoms. The fourth-order valence-corrected chi connectivity index (χ4v) is 3.89. The highest BCUT2D eigenvalue weighted by Gasteiger charge is 2.37. The van der Waals surface area contributed by atoms with Crippen molar-refractivity contribution in [2.75, 3.05) is 6.61 Å². The van der Waals surface area contributed by atoms with Crippen LogP contribution in [0.1, 0.15) is 63.5 Å². The molecule has 0 unspecified atom stereocenters. The molecule has 0 spiro atoms. The van der Waals surface area contributed by atoms with Crippen molar-refractivity contribution in [3.8, 4) is 0 Å². The van der Waals surface area contributed by atoms with Crippen molar-refractivity contribution in [3.05, 3.63) is 48.6 Å². The summed E-state index contributed by atoms with van der Waals surface area (Å²) < 4.78 is 0. The minimum atomic E-state index is 0.125. The second kappa shape index (κ2) is 9.12. The highest BCUT2D eigenvalue weighted by molar-refractivity contribution is 5.20. The summed E-state index contributed by atoms with van der Waals surface area (Å²) in [5.74, 6) is 0. The van der Waals surface area contributed by atoms with Gasteiger partial charge in [0.1, 0.15) is 0 Å². The zero-order valence-corrected chi connectivity index (χ0v) is 14.0. The Morgan fingerprint density at radius 3 is 2.59 bits per heavy atom. The summed E-state index contributed by atoms with van der Waals surface area (Å²) in [6.45, 7) is 6.38. The van der Waals surface area contributed by atoms with Crippen LogP contribution in [-0.4, -0.2) is 28.7 Å². The van der Waals surface area contributed by atoms with Gasteiger partial charge >= 0.3 is 0 Å². The van der Waals surface area contributed by atoms with Gasteiger partial charge in [-0.25, -0.2) is 0 Å². The number of unbranched alkanes of at least 4 members (excludes halogenated alkanes) is 2. The van der Waals surface area contributed by atoms with Crippen molar-refractivity contribution >= 4 is 0 Å². The average molecular weight is 301 g/mol. The molecule has 0 amide bonds. The Kier molecular flexibility index (Phi) is 7.14. The zero-order chi connectivity index (χ0) is 15.8. The van der Waals surface area contributed by atoms with Crippen LogP contribution in [-0.2, 0) is 0 Å². The number of rotatable bonds is 9. The van der Waals surface area contributed by atoms with Crippen LogP contribution in [0.3, 0.4) is 0 Å². The highest BCUT2D eigenvalue weighted by Crippen LogP contribution is 2.37. The monoisotopic (exact) mass is 301 g/mol. The van der Waals surface area contributed by atoms with E-state index in [4.69, 9.17) is 0 Å². The first-order valence-corrected chi connectivity index (χ1v) is 8.86. The molecule has 1 N–H and O–H groups in total. The molecule has 1 heterocycles. The van der Waals surface area contributed by atoms with Gasteiger partial charge in [-0.3, -0.25) is 4.90 Å². The number of likely N-dealkylation sites (tertiary alicyclic amines) is 1. The second-order valence-electron chi connectivity index (χ2n) is 6.46. The maximum atomic E-state index is 10.0. The van der Waals surface area contributed by atoms with Crippen molar-refractivity contribution < 1.29 is 5.11 Å². The molecule has 3 atom stereocenters. The Bertz CT molecular complexity index is 431. The van der Waals surface area contributed by atoms with Gasteiger partial charge in [-0.1, -0.05) is 62.6 Å². The maximum Gasteiger partial charge on any atom is 0.0628 e. The third-order valence-corrected chi connectivity index (χ3v) is 4.97. The Morgan fingerprint density at radius 1 is 1.23 bits per heavy atom. The first-order valence-electron chi connectivity index (χ1n) is 8.86. The molecule has 0 saturated carbocycles. The summed E-state index contributed by atoms with van der Waals surface area (Å²) in [4.78, 5) is 2.59. The van der Waals surface area contributed by atoms with Gasteiger partial charge in [0, 0.05) is 12.1 Å². The lowest BCUT2D eigenvalue weighted by atomic mass is 10.0. The fraction of sp³-hybridized carbons (Fsp3) is 0.600. The smallest absolute Gasteiger partial charge is 0.0628 e. The van der Waals surface area contributed by atoms with Crippen LogP contribution in [0.5, 0.6) is 0 Å². The van der Waals surface area contributed by atoms with E-state index < -0.39 is 0 Å². The highest BCUT2D eigenvalue weighted by atomic mass is 16.3. The van der Waals surface area contributed by atoms with E-state index in [1.807, 2.05) is 12.1 Å². The summed E-state index contributed by atoms with van der Waals surface area (Å²) in [5.41, 5.74) is 1.24. The Labute approximate surface area is 135 Å². The first kappa shape index (κ1) is 17.2. The maximum absolute atomic E-state index is 10.0. The molecule has 2 nitrogen and oxygen atoms in total. The van der Waals surface area contributed by atoms with Gasteiger partial charge in [0.05, 0.1) is 12.6 Å². The Morgan fingerprint density at radius 2 is 1.95 bits per heavy atom. The summed E-state index contributed by atoms with van der Waals surface area (Å²) in [5, 5.41) is 10.0. The van der Waals surface area contributed by atoms with E-state index in [1.54, 1.807) is 0 Å². The van der Waals surface area contributed by atoms with Crippen LogP contribution in [0.2, 0.25) is 0 Å². The third-order valence-electron chi connectivity index (χ3n) is 4.97. The van der Waals surface area contributed by atoms with E-state index in [-0.39, 0.29) is 12.6 Å². The van der Waals surface area contributed by atoms with Crippen molar-refractivity contribution in [2.45, 2.75) is 70.0 Å². The van der Waals surface area contributed by atoms with Gasteiger partial charge < -0.3 is 5.11 Å². The standard InChI is InChI=1S/C20H31NO/c1-3-5-7-13-19-15-14-18(10-4-2)21(19)20(16-22)17-11-8-6-9-12-17/h4,6,8-9,11-12,18-20,22H,2-3,5,7,10,13-16H2,1H3/t18-,19+,20-/m1/s1. The van der Waals surface area contributed by atoms with Crippen LogP contribution in [0.25, 0.3) is 0 Å². The van der Waals surface area contributed by atoms with Crippen LogP contribution < -0.4 is 0 Å². The zero-order valence-electron chi connectivity index (χ0n) is 14.0. The van der Waals surface area contributed by atoms with Crippen molar-refractivity contribution in [3.63, 3.8) is 0 Å². The van der Waals surface area contributed by atoms with Gasteiger partial charge in [-0.05, 0) is 31.2 Å². The largest absolute Gasteiger partial charge is 0.394 e. The van der Waals surface area contributed by atoms with E-state index in [1.165, 1.54) is 44.1 Å². The molecule has 1 fully saturated rings. The molecule has 0 radical (unpaired) electrons. The molecule has 1 aliphatic rings. The summed E-state index contributed by atoms with van der Waals surface area (Å²) in [7, 11) is 0. The predicted molar refractivity (Wildman–Crippen MR) is 93.9 cm³/mol. The number of aliphatic hydroxyl groups is 1. The van der Waals surface area contributed by atoms with Crippen LogP contribution >= 0.6 is 0 Å². The summed E-state index contributed by atoms with van der Waals surface area (Å²) in [6, 6.07) is 11.7. The van der Waals surface area contributed by atoms with E-state index in [0.717, 1.165) is 6.42 Å². The van der Waals surface area contributed by atoms with Gasteiger partial charge in [0.15, 0.2) is 0 Å². The number of nitrogens with zero attached hydrogens (tertiary/aromatic N) is 1. The van der Waals surface area contributed by atoms with Crippen molar-refractivity contribution in [2.24, 2.45) is 0 Å². The van der Waals surface area contributed by atoms with Gasteiger partial charge in [0.25, 0.3) is 0 Å². The summed E-state index contributed by atoms with van der Waals surface area (Å²) >= 11 is 0. The number of hydrogen-bond acceptors (Lipinski definition) is 2. The SMILES string of the molecule is C=CC[C@@H]1CC[C@H](CCCCC)N1[C@H](CO)c1ccccc1. The van der Waals surface area contributed by atoms with Gasteiger partial charge in [-0.15, -0.1) is 6.58 Å². The Hall–Kier alpha value is -1.12. The molecule has 2 rings (SSSR count). The molecule has 0 aliphatic carbocycles. The van der Waals surface area contributed by atoms with Crippen LogP contribution in [0, 0.1) is 0 Å². The third kappa shape index (κ3) is 4.21. The molecule has 1 saturated heterocycles. The first-order chi connectivity index (χ1) is 10.8. The van der Waals surface area contributed by atoms with Crippen LogP contribution in [0.15, 0.2) is 43.0 Å². The van der Waals surface area contributed by atoms with E-state index in [0.29, 0.717) is 12.1 Å². The number of benzene rings is 1. The molecule has 1 aromatic carbocycles. The molecule has 122 valence electrons. The Balaban J connectivity index is 2.16. The van der Waals surface area contributed by atoms with Gasteiger partial charge in [-0.2, -0.15) is 0 Å². The molecule has 1 aromatic rings. The van der Waals surface area contributed by atoms with Crippen LogP contribution in [0.4, 0.5) is 0 Å². The number of aliphatic hydroxyl groups excluding tert-OH is 1. The van der Waals surface area contributed by atoms with E-state index in [2.05, 4.69) is 42.7 Å². The topological polar surface area (TPSA) is 23.5 Å². The fourth-order valence-electron chi connectivity index (χ4n) is 3.89. The van der Waals surface area contributed by atoms with Gasteiger partial charge in [0.2, 0.25) is 0 Å². The molecular weight excluding hydrogens is 270 g/mol. The molecule has 0 aromatic heterocycles. The normalized spacial score (nSPS) is 23.5. The van der Waals surface area contributed by atoms with E-state index >= 15 is 0 Å². The lowest BCUT2D eigenvalue weighted by Gasteiger charge is -2.37. The molecule has 22 heavy (non-hydrogen) atoms. The molecular formula is C20H31NO. The average Bonchev–Trinajstić information content (AvgIpc) is 2.93. The minimum Gasteiger partial charge on any atom is -0.394 e. The lowest BCUT2D eigenvalue weighted by Crippen LogP contribution is -2.40. The van der Waals surface area contributed by atoms with Crippen molar-refractivity contribution in [1.29, 1.82) is 0 Å². The minimum absolute atomic E-state index is 0.125. The number of hydrogen-bond donors (Lipinski definition) is 1. The lowest BCUT2D eigenvalue weighted by molar-refractivity contribution is 0.0735. The molecule has 1 aliphatic heterocycles. The predicted octanol–water partition coefficient (Wildman–Crippen LogP) is 4.71. The second-order valence-corrected chi connectivity index (χ2v) is 6.46. The van der Waals surface area contributed by atoms with E-state index in [9.17, 15) is 5.11 Å². The van der Waals surface area contributed by atoms with Crippen molar-refractivity contribution in [1.82, 2.24) is 4.90 Å². The summed E-state index contributed by atoms with van der Waals surface area (Å²) in [6.07, 6.45) is 10.7.